The summed E-state index contributed by atoms with van der Waals surface area (Å²) in [5.74, 6) is -0.0505. The molecule has 0 unspecified atom stereocenters. The highest BCUT2D eigenvalue weighted by molar-refractivity contribution is 7.17. The minimum atomic E-state index is -0.430. The van der Waals surface area contributed by atoms with Gasteiger partial charge in [-0.15, -0.1) is 11.3 Å². The Labute approximate surface area is 149 Å². The number of rotatable bonds is 3. The zero-order valence-corrected chi connectivity index (χ0v) is 14.4. The number of carbonyl (C=O) groups is 1. The molecule has 4 rings (SSSR count). The first-order valence-electron chi connectivity index (χ1n) is 8.20. The third kappa shape index (κ3) is 2.93. The van der Waals surface area contributed by atoms with Crippen LogP contribution >= 0.6 is 11.3 Å². The molecule has 0 saturated carbocycles. The number of hydrogen-bond acceptors (Lipinski definition) is 5. The minimum absolute atomic E-state index is 0.0505. The molecule has 2 atom stereocenters. The normalized spacial score (nSPS) is 20.8. The predicted molar refractivity (Wildman–Crippen MR) is 96.7 cm³/mol. The zero-order valence-electron chi connectivity index (χ0n) is 13.5. The van der Waals surface area contributed by atoms with Crippen LogP contribution in [0.15, 0.2) is 54.0 Å². The second-order valence-electron chi connectivity index (χ2n) is 5.95. The molecule has 5 nitrogen and oxygen atoms in total. The van der Waals surface area contributed by atoms with Gasteiger partial charge >= 0.3 is 0 Å². The Hall–Kier alpha value is -2.28. The fraction of sp³-hybridized carbons (Fsp3) is 0.263. The molecule has 6 heteroatoms. The van der Waals surface area contributed by atoms with Gasteiger partial charge in [0.2, 0.25) is 0 Å². The van der Waals surface area contributed by atoms with E-state index in [0.717, 1.165) is 15.8 Å². The summed E-state index contributed by atoms with van der Waals surface area (Å²) in [7, 11) is 0. The lowest BCUT2D eigenvalue weighted by atomic mass is 9.97. The number of aliphatic hydroxyl groups is 1. The van der Waals surface area contributed by atoms with Gasteiger partial charge in [-0.25, -0.2) is 4.98 Å². The summed E-state index contributed by atoms with van der Waals surface area (Å²) in [6, 6.07) is 15.0. The third-order valence-corrected chi connectivity index (χ3v) is 5.40. The summed E-state index contributed by atoms with van der Waals surface area (Å²) < 4.78 is 6.62. The SMILES string of the molecule is O=C(c1cccc2ncsc12)N1CCO[C@@H](CO)[C@@H]1c1ccccc1. The number of hydrogen-bond donors (Lipinski definition) is 1. The number of thiazole rings is 1. The average molecular weight is 354 g/mol. The number of morpholine rings is 1. The van der Waals surface area contributed by atoms with Crippen molar-refractivity contribution < 1.29 is 14.6 Å². The Morgan fingerprint density at radius 3 is 2.88 bits per heavy atom. The molecule has 1 aromatic heterocycles. The van der Waals surface area contributed by atoms with Gasteiger partial charge < -0.3 is 14.7 Å². The Morgan fingerprint density at radius 2 is 2.08 bits per heavy atom. The van der Waals surface area contributed by atoms with Crippen LogP contribution < -0.4 is 0 Å². The number of aliphatic hydroxyl groups excluding tert-OH is 1. The number of carbonyl (C=O) groups excluding carboxylic acids is 1. The van der Waals surface area contributed by atoms with Crippen molar-refractivity contribution in [1.29, 1.82) is 0 Å². The molecule has 0 bridgehead atoms. The lowest BCUT2D eigenvalue weighted by Gasteiger charge is -2.41. The van der Waals surface area contributed by atoms with Crippen LogP contribution in [0.1, 0.15) is 22.0 Å². The topological polar surface area (TPSA) is 62.7 Å². The molecule has 2 heterocycles. The van der Waals surface area contributed by atoms with Gasteiger partial charge in [-0.1, -0.05) is 36.4 Å². The number of aromatic nitrogens is 1. The van der Waals surface area contributed by atoms with Crippen LogP contribution in [0, 0.1) is 0 Å². The van der Waals surface area contributed by atoms with Crippen molar-refractivity contribution in [2.24, 2.45) is 0 Å². The van der Waals surface area contributed by atoms with Gasteiger partial charge in [0.05, 0.1) is 40.5 Å². The quantitative estimate of drug-likeness (QED) is 0.786. The molecule has 0 radical (unpaired) electrons. The van der Waals surface area contributed by atoms with E-state index in [1.54, 1.807) is 5.51 Å². The maximum absolute atomic E-state index is 13.3. The smallest absolute Gasteiger partial charge is 0.256 e. The summed E-state index contributed by atoms with van der Waals surface area (Å²) in [4.78, 5) is 19.4. The van der Waals surface area contributed by atoms with Crippen molar-refractivity contribution >= 4 is 27.5 Å². The first-order valence-corrected chi connectivity index (χ1v) is 9.08. The van der Waals surface area contributed by atoms with E-state index < -0.39 is 6.10 Å². The fourth-order valence-electron chi connectivity index (χ4n) is 3.37. The van der Waals surface area contributed by atoms with Crippen LogP contribution in [0.3, 0.4) is 0 Å². The molecular weight excluding hydrogens is 336 g/mol. The number of ether oxygens (including phenoxy) is 1. The Bertz CT molecular complexity index is 881. The molecule has 0 aliphatic carbocycles. The van der Waals surface area contributed by atoms with E-state index in [-0.39, 0.29) is 18.6 Å². The van der Waals surface area contributed by atoms with Crippen molar-refractivity contribution in [2.45, 2.75) is 12.1 Å². The molecule has 1 fully saturated rings. The first kappa shape index (κ1) is 16.2. The van der Waals surface area contributed by atoms with Crippen LogP contribution in [0.4, 0.5) is 0 Å². The first-order chi connectivity index (χ1) is 12.3. The summed E-state index contributed by atoms with van der Waals surface area (Å²) in [5.41, 5.74) is 4.20. The summed E-state index contributed by atoms with van der Waals surface area (Å²) in [6.45, 7) is 0.775. The Morgan fingerprint density at radius 1 is 1.24 bits per heavy atom. The van der Waals surface area contributed by atoms with Crippen LogP contribution in [0.2, 0.25) is 0 Å². The van der Waals surface area contributed by atoms with E-state index in [0.29, 0.717) is 18.7 Å². The van der Waals surface area contributed by atoms with Crippen molar-refractivity contribution in [2.75, 3.05) is 19.8 Å². The maximum Gasteiger partial charge on any atom is 0.256 e. The maximum atomic E-state index is 13.3. The zero-order chi connectivity index (χ0) is 17.2. The Kier molecular flexibility index (Phi) is 4.48. The van der Waals surface area contributed by atoms with E-state index >= 15 is 0 Å². The van der Waals surface area contributed by atoms with Crippen LogP contribution in [-0.2, 0) is 4.74 Å². The highest BCUT2D eigenvalue weighted by Crippen LogP contribution is 2.32. The van der Waals surface area contributed by atoms with Crippen LogP contribution in [-0.4, -0.2) is 46.8 Å². The second-order valence-corrected chi connectivity index (χ2v) is 6.81. The lowest BCUT2D eigenvalue weighted by molar-refractivity contribution is -0.0810. The molecule has 2 aromatic carbocycles. The second kappa shape index (κ2) is 6.92. The van der Waals surface area contributed by atoms with Gasteiger partial charge in [0.15, 0.2) is 0 Å². The van der Waals surface area contributed by atoms with Gasteiger partial charge in [0.1, 0.15) is 6.10 Å². The van der Waals surface area contributed by atoms with E-state index in [1.807, 2.05) is 53.4 Å². The molecule has 1 aliphatic heterocycles. The van der Waals surface area contributed by atoms with Crippen molar-refractivity contribution in [3.8, 4) is 0 Å². The molecule has 128 valence electrons. The monoisotopic (exact) mass is 354 g/mol. The van der Waals surface area contributed by atoms with Gasteiger partial charge in [-0.2, -0.15) is 0 Å². The molecule has 3 aromatic rings. The summed E-state index contributed by atoms with van der Waals surface area (Å²) in [5, 5.41) is 9.76. The molecular formula is C19H18N2O3S. The van der Waals surface area contributed by atoms with E-state index in [2.05, 4.69) is 4.98 Å². The van der Waals surface area contributed by atoms with E-state index in [9.17, 15) is 9.90 Å². The largest absolute Gasteiger partial charge is 0.394 e. The standard InChI is InChI=1S/C19H18N2O3S/c22-11-16-17(13-5-2-1-3-6-13)21(9-10-24-16)19(23)14-7-4-8-15-18(14)25-12-20-15/h1-8,12,16-17,22H,9-11H2/t16-,17-/m0/s1. The van der Waals surface area contributed by atoms with E-state index in [4.69, 9.17) is 4.74 Å². The van der Waals surface area contributed by atoms with Gasteiger partial charge in [0.25, 0.3) is 5.91 Å². The molecule has 1 aliphatic rings. The van der Waals surface area contributed by atoms with Gasteiger partial charge in [-0.05, 0) is 17.7 Å². The fourth-order valence-corrected chi connectivity index (χ4v) is 4.16. The molecule has 0 spiro atoms. The molecule has 1 N–H and O–H groups in total. The molecule has 25 heavy (non-hydrogen) atoms. The lowest BCUT2D eigenvalue weighted by Crippen LogP contribution is -2.49. The van der Waals surface area contributed by atoms with Crippen LogP contribution in [0.5, 0.6) is 0 Å². The van der Waals surface area contributed by atoms with Crippen molar-refractivity contribution in [3.63, 3.8) is 0 Å². The number of benzene rings is 2. The summed E-state index contributed by atoms with van der Waals surface area (Å²) >= 11 is 1.47. The van der Waals surface area contributed by atoms with E-state index in [1.165, 1.54) is 11.3 Å². The minimum Gasteiger partial charge on any atom is -0.394 e. The van der Waals surface area contributed by atoms with Gasteiger partial charge in [0, 0.05) is 6.54 Å². The highest BCUT2D eigenvalue weighted by atomic mass is 32.1. The highest BCUT2D eigenvalue weighted by Gasteiger charge is 2.36. The third-order valence-electron chi connectivity index (χ3n) is 4.52. The van der Waals surface area contributed by atoms with Crippen molar-refractivity contribution in [1.82, 2.24) is 9.88 Å². The Balaban J connectivity index is 1.76. The molecule has 1 amide bonds. The van der Waals surface area contributed by atoms with Crippen molar-refractivity contribution in [3.05, 3.63) is 65.2 Å². The van der Waals surface area contributed by atoms with Crippen LogP contribution in [0.25, 0.3) is 10.2 Å². The van der Waals surface area contributed by atoms with Gasteiger partial charge in [-0.3, -0.25) is 4.79 Å². The number of amides is 1. The predicted octanol–water partition coefficient (Wildman–Crippen LogP) is 2.87. The molecule has 1 saturated heterocycles. The summed E-state index contributed by atoms with van der Waals surface area (Å²) in [6.07, 6.45) is -0.430. The number of fused-ring (bicyclic) bond motifs is 1. The average Bonchev–Trinajstić information content (AvgIpc) is 3.16. The number of nitrogens with zero attached hydrogens (tertiary/aromatic N) is 2.